The molecule has 3 rings (SSSR count). The summed E-state index contributed by atoms with van der Waals surface area (Å²) in [4.78, 5) is 31.3. The van der Waals surface area contributed by atoms with Crippen molar-refractivity contribution in [2.75, 3.05) is 26.7 Å². The molecule has 1 aromatic carbocycles. The molecule has 1 atom stereocenters. The smallest absolute Gasteiger partial charge is 0.477 e. The van der Waals surface area contributed by atoms with Crippen molar-refractivity contribution in [3.8, 4) is 5.88 Å². The van der Waals surface area contributed by atoms with Gasteiger partial charge in [-0.15, -0.1) is 9.54 Å². The number of carbonyl (C=O) groups is 2. The van der Waals surface area contributed by atoms with Crippen molar-refractivity contribution in [1.82, 2.24) is 19.9 Å². The van der Waals surface area contributed by atoms with E-state index >= 15 is 0 Å². The molecule has 220 valence electrons. The second-order valence-corrected chi connectivity index (χ2v) is 11.0. The van der Waals surface area contributed by atoms with Crippen LogP contribution in [0.5, 0.6) is 5.88 Å². The van der Waals surface area contributed by atoms with Crippen molar-refractivity contribution in [3.63, 3.8) is 0 Å². The molecular formula is C24H28F4N4O7S. The summed E-state index contributed by atoms with van der Waals surface area (Å²) in [7, 11) is -3.65. The summed E-state index contributed by atoms with van der Waals surface area (Å²) in [6, 6.07) is 7.10. The number of nitrogens with zero attached hydrogens (tertiary/aromatic N) is 3. The molecule has 2 heterocycles. The molecular weight excluding hydrogens is 564 g/mol. The lowest BCUT2D eigenvalue weighted by Gasteiger charge is -2.29. The predicted molar refractivity (Wildman–Crippen MR) is 131 cm³/mol. The van der Waals surface area contributed by atoms with Gasteiger partial charge in [0.15, 0.2) is 0 Å². The molecule has 1 unspecified atom stereocenters. The monoisotopic (exact) mass is 592 g/mol. The predicted octanol–water partition coefficient (Wildman–Crippen LogP) is 3.73. The van der Waals surface area contributed by atoms with Gasteiger partial charge in [0.1, 0.15) is 5.69 Å². The van der Waals surface area contributed by atoms with Gasteiger partial charge in [-0.3, -0.25) is 4.79 Å². The van der Waals surface area contributed by atoms with Crippen LogP contribution in [0.15, 0.2) is 41.3 Å². The highest BCUT2D eigenvalue weighted by Gasteiger charge is 2.34. The molecule has 40 heavy (non-hydrogen) atoms. The molecule has 0 radical (unpaired) electrons. The van der Waals surface area contributed by atoms with E-state index in [-0.39, 0.29) is 41.0 Å². The standard InChI is InChI=1S/C24H28F4N4O7S/c1-15(17-4-3-5-19(12-17)40(36,37)31(2)28)21(33)29-13-18-6-7-20(24(25,26)27)30-22(18)38-14-16-8-10-32(11-9-16)39-23(34)35/h3-7,12,15-16H,8-11,13-14H2,1-2H3,(H,29,33)(H,34,35). The van der Waals surface area contributed by atoms with Crippen LogP contribution in [0.25, 0.3) is 0 Å². The lowest BCUT2D eigenvalue weighted by Crippen LogP contribution is -2.37. The summed E-state index contributed by atoms with van der Waals surface area (Å²) in [5, 5.41) is 12.6. The molecule has 0 bridgehead atoms. The number of hydrogen-bond donors (Lipinski definition) is 2. The normalized spacial score (nSPS) is 16.0. The summed E-state index contributed by atoms with van der Waals surface area (Å²) < 4.78 is 82.6. The van der Waals surface area contributed by atoms with E-state index in [2.05, 4.69) is 15.1 Å². The van der Waals surface area contributed by atoms with Crippen molar-refractivity contribution < 1.29 is 50.3 Å². The number of carboxylic acid groups (broad SMARTS) is 1. The Morgan fingerprint density at radius 3 is 2.50 bits per heavy atom. The van der Waals surface area contributed by atoms with E-state index in [4.69, 9.17) is 9.84 Å². The number of hydroxylamine groups is 2. The molecule has 1 aliphatic rings. The Bertz CT molecular complexity index is 1320. The third kappa shape index (κ3) is 8.02. The first-order valence-electron chi connectivity index (χ1n) is 12.1. The fourth-order valence-corrected chi connectivity index (χ4v) is 4.76. The van der Waals surface area contributed by atoms with Crippen LogP contribution in [0, 0.1) is 5.92 Å². The Morgan fingerprint density at radius 2 is 1.90 bits per heavy atom. The van der Waals surface area contributed by atoms with Crippen molar-refractivity contribution in [3.05, 3.63) is 53.2 Å². The van der Waals surface area contributed by atoms with E-state index in [1.807, 2.05) is 0 Å². The first kappa shape index (κ1) is 31.0. The Balaban J connectivity index is 1.69. The van der Waals surface area contributed by atoms with Crippen molar-refractivity contribution in [2.45, 2.75) is 43.3 Å². The molecule has 16 heteroatoms. The number of carbonyl (C=O) groups excluding carboxylic acids is 1. The first-order chi connectivity index (χ1) is 18.7. The van der Waals surface area contributed by atoms with Crippen molar-refractivity contribution in [2.24, 2.45) is 5.92 Å². The zero-order chi connectivity index (χ0) is 29.7. The molecule has 0 aliphatic carbocycles. The van der Waals surface area contributed by atoms with E-state index in [1.165, 1.54) is 30.2 Å². The van der Waals surface area contributed by atoms with Crippen LogP contribution in [-0.4, -0.2) is 66.9 Å². The quantitative estimate of drug-likeness (QED) is 0.312. The number of hydrogen-bond acceptors (Lipinski definition) is 8. The minimum absolute atomic E-state index is 0.0108. The van der Waals surface area contributed by atoms with Gasteiger partial charge in [0.05, 0.1) is 17.4 Å². The number of alkyl halides is 3. The molecule has 1 aromatic heterocycles. The largest absolute Gasteiger partial charge is 0.525 e. The van der Waals surface area contributed by atoms with E-state index in [0.717, 1.165) is 25.2 Å². The fraction of sp³-hybridized carbons (Fsp3) is 0.458. The topological polar surface area (TPSA) is 138 Å². The van der Waals surface area contributed by atoms with E-state index in [9.17, 15) is 35.7 Å². The van der Waals surface area contributed by atoms with Crippen LogP contribution in [0.2, 0.25) is 0 Å². The van der Waals surface area contributed by atoms with Gasteiger partial charge in [0, 0.05) is 32.2 Å². The highest BCUT2D eigenvalue weighted by atomic mass is 32.2. The van der Waals surface area contributed by atoms with Gasteiger partial charge in [-0.2, -0.15) is 13.2 Å². The molecule has 11 nitrogen and oxygen atoms in total. The Kier molecular flexibility index (Phi) is 9.92. The number of ether oxygens (including phenoxy) is 1. The third-order valence-corrected chi connectivity index (χ3v) is 7.81. The Labute approximate surface area is 227 Å². The van der Waals surface area contributed by atoms with Crippen LogP contribution in [0.3, 0.4) is 0 Å². The van der Waals surface area contributed by atoms with Gasteiger partial charge in [-0.05, 0) is 60.0 Å². The summed E-state index contributed by atoms with van der Waals surface area (Å²) in [5.41, 5.74) is -0.720. The fourth-order valence-electron chi connectivity index (χ4n) is 3.94. The number of pyridine rings is 1. The lowest BCUT2D eigenvalue weighted by atomic mass is 9.99. The average Bonchev–Trinajstić information content (AvgIpc) is 2.90. The molecule has 0 saturated carbocycles. The number of piperidine rings is 1. The minimum Gasteiger partial charge on any atom is -0.477 e. The maximum Gasteiger partial charge on any atom is 0.525 e. The van der Waals surface area contributed by atoms with Gasteiger partial charge in [0.25, 0.3) is 10.0 Å². The second kappa shape index (κ2) is 12.8. The summed E-state index contributed by atoms with van der Waals surface area (Å²) >= 11 is 0. The van der Waals surface area contributed by atoms with Gasteiger partial charge in [-0.1, -0.05) is 12.1 Å². The van der Waals surface area contributed by atoms with Gasteiger partial charge in [0.2, 0.25) is 11.8 Å². The number of aromatic nitrogens is 1. The summed E-state index contributed by atoms with van der Waals surface area (Å²) in [6.07, 6.45) is -5.22. The minimum atomic E-state index is -4.73. The second-order valence-electron chi connectivity index (χ2n) is 9.11. The maximum absolute atomic E-state index is 13.4. The van der Waals surface area contributed by atoms with Crippen molar-refractivity contribution >= 4 is 22.1 Å². The van der Waals surface area contributed by atoms with E-state index in [1.54, 1.807) is 0 Å². The SMILES string of the molecule is CC(C(=O)NCc1ccc(C(F)(F)F)nc1OCC1CCN(OC(=O)O)CC1)c1cccc(S(=O)(=O)N(C)F)c1. The number of rotatable bonds is 10. The molecule has 1 fully saturated rings. The van der Waals surface area contributed by atoms with Gasteiger partial charge in [-0.25, -0.2) is 18.2 Å². The van der Waals surface area contributed by atoms with Gasteiger partial charge < -0.3 is 20.0 Å². The van der Waals surface area contributed by atoms with Crippen LogP contribution in [0.1, 0.15) is 42.5 Å². The number of benzene rings is 1. The van der Waals surface area contributed by atoms with E-state index in [0.29, 0.717) is 25.9 Å². The molecule has 0 spiro atoms. The highest BCUT2D eigenvalue weighted by molar-refractivity contribution is 7.89. The molecule has 2 N–H and O–H groups in total. The third-order valence-electron chi connectivity index (χ3n) is 6.30. The highest BCUT2D eigenvalue weighted by Crippen LogP contribution is 2.31. The van der Waals surface area contributed by atoms with Crippen LogP contribution < -0.4 is 10.1 Å². The molecule has 2 aromatic rings. The van der Waals surface area contributed by atoms with Crippen LogP contribution >= 0.6 is 0 Å². The summed E-state index contributed by atoms with van der Waals surface area (Å²) in [5.74, 6) is -1.87. The number of amides is 1. The lowest BCUT2D eigenvalue weighted by molar-refractivity contribution is -0.142. The molecule has 1 saturated heterocycles. The summed E-state index contributed by atoms with van der Waals surface area (Å²) in [6.45, 7) is 1.85. The first-order valence-corrected chi connectivity index (χ1v) is 13.5. The van der Waals surface area contributed by atoms with Gasteiger partial charge >= 0.3 is 12.3 Å². The van der Waals surface area contributed by atoms with Crippen LogP contribution in [0.4, 0.5) is 22.4 Å². The zero-order valence-electron chi connectivity index (χ0n) is 21.5. The van der Waals surface area contributed by atoms with E-state index < -0.39 is 44.4 Å². The molecule has 1 aliphatic heterocycles. The Morgan fingerprint density at radius 1 is 1.23 bits per heavy atom. The Hall–Kier alpha value is -3.50. The number of nitrogens with one attached hydrogen (secondary N) is 1. The van der Waals surface area contributed by atoms with Crippen molar-refractivity contribution in [1.29, 1.82) is 0 Å². The zero-order valence-corrected chi connectivity index (χ0v) is 22.3. The van der Waals surface area contributed by atoms with Crippen LogP contribution in [-0.2, 0) is 32.4 Å². The maximum atomic E-state index is 13.4. The number of sulfonamides is 1. The molecule has 1 amide bonds. The number of halogens is 4. The average molecular weight is 593 g/mol.